The van der Waals surface area contributed by atoms with Gasteiger partial charge in [-0.2, -0.15) is 0 Å². The van der Waals surface area contributed by atoms with Crippen molar-refractivity contribution in [2.24, 2.45) is 0 Å². The molecule has 0 aliphatic heterocycles. The second-order valence-electron chi connectivity index (χ2n) is 6.91. The minimum Gasteiger partial charge on any atom is -0.469 e. The van der Waals surface area contributed by atoms with Gasteiger partial charge in [-0.05, 0) is 70.6 Å². The summed E-state index contributed by atoms with van der Waals surface area (Å²) in [7, 11) is 3.29. The zero-order chi connectivity index (χ0) is 21.0. The fourth-order valence-electron chi connectivity index (χ4n) is 3.19. The number of hydrogen-bond acceptors (Lipinski definition) is 4. The summed E-state index contributed by atoms with van der Waals surface area (Å²) in [6.45, 7) is 1.79. The molecule has 1 atom stereocenters. The van der Waals surface area contributed by atoms with Gasteiger partial charge in [0.05, 0.1) is 24.8 Å². The molecule has 0 bridgehead atoms. The molecule has 0 aliphatic carbocycles. The molecule has 0 heterocycles. The van der Waals surface area contributed by atoms with Crippen LogP contribution in [0.2, 0.25) is 0 Å². The Morgan fingerprint density at radius 2 is 1.79 bits per heavy atom. The zero-order valence-electron chi connectivity index (χ0n) is 16.6. The van der Waals surface area contributed by atoms with Crippen molar-refractivity contribution in [1.82, 2.24) is 5.32 Å². The van der Waals surface area contributed by atoms with Crippen LogP contribution in [0.4, 0.5) is 11.4 Å². The number of benzene rings is 3. The Morgan fingerprint density at radius 1 is 1.07 bits per heavy atom. The minimum absolute atomic E-state index is 0.127. The van der Waals surface area contributed by atoms with Gasteiger partial charge in [-0.25, -0.2) is 0 Å². The van der Waals surface area contributed by atoms with E-state index in [1.165, 1.54) is 12.5 Å². The molecule has 0 saturated heterocycles. The molecule has 0 spiro atoms. The SMILES string of the molecule is COC(=O)C[C@@H](C)NC(=O)c1cc(I)ccc1N(C)c1ccc2ccccc2c1. The standard InChI is InChI=1S/C23H23IN2O3/c1-15(12-22(27)29-3)25-23(28)20-14-18(24)9-11-21(20)26(2)19-10-8-16-6-4-5-7-17(16)13-19/h4-11,13-15H,12H2,1-3H3,(H,25,28)/t15-/m1/s1. The highest BCUT2D eigenvalue weighted by Crippen LogP contribution is 2.30. The molecule has 3 aromatic rings. The van der Waals surface area contributed by atoms with Crippen molar-refractivity contribution in [1.29, 1.82) is 0 Å². The summed E-state index contributed by atoms with van der Waals surface area (Å²) < 4.78 is 5.64. The maximum atomic E-state index is 13.0. The summed E-state index contributed by atoms with van der Waals surface area (Å²) in [6.07, 6.45) is 0.127. The maximum absolute atomic E-state index is 13.0. The highest BCUT2D eigenvalue weighted by Gasteiger charge is 2.19. The smallest absolute Gasteiger partial charge is 0.307 e. The van der Waals surface area contributed by atoms with Crippen LogP contribution in [-0.4, -0.2) is 32.1 Å². The van der Waals surface area contributed by atoms with Gasteiger partial charge < -0.3 is 15.0 Å². The molecule has 0 fully saturated rings. The average molecular weight is 502 g/mol. The number of ether oxygens (including phenoxy) is 1. The number of amides is 1. The van der Waals surface area contributed by atoms with Crippen molar-refractivity contribution < 1.29 is 14.3 Å². The monoisotopic (exact) mass is 502 g/mol. The first-order valence-electron chi connectivity index (χ1n) is 9.29. The van der Waals surface area contributed by atoms with E-state index in [-0.39, 0.29) is 24.3 Å². The van der Waals surface area contributed by atoms with Gasteiger partial charge in [-0.3, -0.25) is 9.59 Å². The largest absolute Gasteiger partial charge is 0.469 e. The van der Waals surface area contributed by atoms with Gasteiger partial charge >= 0.3 is 5.97 Å². The van der Waals surface area contributed by atoms with Crippen LogP contribution in [0.15, 0.2) is 60.7 Å². The van der Waals surface area contributed by atoms with E-state index < -0.39 is 0 Å². The number of methoxy groups -OCH3 is 1. The van der Waals surface area contributed by atoms with Gasteiger partial charge in [0, 0.05) is 22.3 Å². The molecule has 0 unspecified atom stereocenters. The van der Waals surface area contributed by atoms with E-state index in [1.54, 1.807) is 6.92 Å². The van der Waals surface area contributed by atoms with Gasteiger partial charge in [0.15, 0.2) is 0 Å². The lowest BCUT2D eigenvalue weighted by molar-refractivity contribution is -0.141. The van der Waals surface area contributed by atoms with Crippen molar-refractivity contribution in [3.63, 3.8) is 0 Å². The normalized spacial score (nSPS) is 11.7. The van der Waals surface area contributed by atoms with E-state index in [0.717, 1.165) is 20.3 Å². The van der Waals surface area contributed by atoms with Crippen LogP contribution in [0.25, 0.3) is 10.8 Å². The van der Waals surface area contributed by atoms with Crippen LogP contribution in [0, 0.1) is 3.57 Å². The van der Waals surface area contributed by atoms with E-state index in [0.29, 0.717) is 5.56 Å². The first-order valence-corrected chi connectivity index (χ1v) is 10.4. The summed E-state index contributed by atoms with van der Waals surface area (Å²) in [6, 6.07) is 19.8. The minimum atomic E-state index is -0.353. The number of hydrogen-bond donors (Lipinski definition) is 1. The van der Waals surface area contributed by atoms with E-state index in [2.05, 4.69) is 56.9 Å². The van der Waals surface area contributed by atoms with Crippen molar-refractivity contribution in [2.75, 3.05) is 19.1 Å². The van der Waals surface area contributed by atoms with Crippen LogP contribution < -0.4 is 10.2 Å². The topological polar surface area (TPSA) is 58.6 Å². The van der Waals surface area contributed by atoms with Gasteiger partial charge in [-0.1, -0.05) is 30.3 Å². The van der Waals surface area contributed by atoms with Crippen LogP contribution in [0.5, 0.6) is 0 Å². The Kier molecular flexibility index (Phi) is 6.74. The quantitative estimate of drug-likeness (QED) is 0.385. The molecular formula is C23H23IN2O3. The summed E-state index contributed by atoms with van der Waals surface area (Å²) in [5.74, 6) is -0.573. The summed E-state index contributed by atoms with van der Waals surface area (Å²) in [5, 5.41) is 5.20. The second-order valence-corrected chi connectivity index (χ2v) is 8.15. The highest BCUT2D eigenvalue weighted by atomic mass is 127. The summed E-state index contributed by atoms with van der Waals surface area (Å²) >= 11 is 2.19. The Morgan fingerprint density at radius 3 is 2.52 bits per heavy atom. The Bertz CT molecular complexity index is 1050. The number of halogens is 1. The molecule has 0 aliphatic rings. The van der Waals surface area contributed by atoms with Crippen molar-refractivity contribution in [2.45, 2.75) is 19.4 Å². The molecule has 5 nitrogen and oxygen atoms in total. The van der Waals surface area contributed by atoms with Crippen molar-refractivity contribution in [3.05, 3.63) is 69.8 Å². The fourth-order valence-corrected chi connectivity index (χ4v) is 3.68. The predicted molar refractivity (Wildman–Crippen MR) is 125 cm³/mol. The maximum Gasteiger partial charge on any atom is 0.307 e. The molecule has 0 radical (unpaired) electrons. The van der Waals surface area contributed by atoms with Crippen molar-refractivity contribution >= 4 is 56.6 Å². The number of carbonyl (C=O) groups is 2. The summed E-state index contributed by atoms with van der Waals surface area (Å²) in [5.41, 5.74) is 2.34. The van der Waals surface area contributed by atoms with Gasteiger partial charge in [0.1, 0.15) is 0 Å². The molecule has 150 valence electrons. The molecule has 1 amide bonds. The lowest BCUT2D eigenvalue weighted by Crippen LogP contribution is -2.35. The Balaban J connectivity index is 1.90. The third kappa shape index (κ3) is 5.06. The molecule has 0 saturated carbocycles. The first kappa shape index (κ1) is 21.1. The van der Waals surface area contributed by atoms with E-state index in [4.69, 9.17) is 0 Å². The highest BCUT2D eigenvalue weighted by molar-refractivity contribution is 14.1. The van der Waals surface area contributed by atoms with Crippen LogP contribution >= 0.6 is 22.6 Å². The number of fused-ring (bicyclic) bond motifs is 1. The zero-order valence-corrected chi connectivity index (χ0v) is 18.8. The molecule has 1 N–H and O–H groups in total. The number of anilines is 2. The third-order valence-corrected chi connectivity index (χ3v) is 5.43. The molecule has 29 heavy (non-hydrogen) atoms. The molecule has 3 aromatic carbocycles. The van der Waals surface area contributed by atoms with E-state index >= 15 is 0 Å². The third-order valence-electron chi connectivity index (χ3n) is 4.76. The number of esters is 1. The number of carbonyl (C=O) groups excluding carboxylic acids is 2. The Hall–Kier alpha value is -2.61. The molecule has 6 heteroatoms. The lowest BCUT2D eigenvalue weighted by atomic mass is 10.1. The molecular weight excluding hydrogens is 479 g/mol. The van der Waals surface area contributed by atoms with Crippen molar-refractivity contribution in [3.8, 4) is 0 Å². The van der Waals surface area contributed by atoms with Crippen LogP contribution in [0.1, 0.15) is 23.7 Å². The first-order chi connectivity index (χ1) is 13.9. The number of nitrogens with one attached hydrogen (secondary N) is 1. The fraction of sp³-hybridized carbons (Fsp3) is 0.217. The number of rotatable bonds is 6. The van der Waals surface area contributed by atoms with Crippen LogP contribution in [0.3, 0.4) is 0 Å². The van der Waals surface area contributed by atoms with Crippen LogP contribution in [-0.2, 0) is 9.53 Å². The Labute approximate surface area is 184 Å². The van der Waals surface area contributed by atoms with Gasteiger partial charge in [0.2, 0.25) is 0 Å². The van der Waals surface area contributed by atoms with Gasteiger partial charge in [-0.15, -0.1) is 0 Å². The molecule has 0 aromatic heterocycles. The van der Waals surface area contributed by atoms with E-state index in [9.17, 15) is 9.59 Å². The molecule has 3 rings (SSSR count). The second kappa shape index (κ2) is 9.26. The van der Waals surface area contributed by atoms with Gasteiger partial charge in [0.25, 0.3) is 5.91 Å². The number of nitrogens with zero attached hydrogens (tertiary/aromatic N) is 1. The average Bonchev–Trinajstić information content (AvgIpc) is 2.72. The predicted octanol–water partition coefficient (Wildman–Crippen LogP) is 4.89. The summed E-state index contributed by atoms with van der Waals surface area (Å²) in [4.78, 5) is 26.4. The van der Waals surface area contributed by atoms with E-state index in [1.807, 2.05) is 48.3 Å². The lowest BCUT2D eigenvalue weighted by Gasteiger charge is -2.24.